The number of unbranched alkanes of at least 4 members (excludes halogenated alkanes) is 14. The Kier molecular flexibility index (Phi) is 15.4. The van der Waals surface area contributed by atoms with Crippen molar-refractivity contribution < 1.29 is 0 Å². The number of hydrogen-bond donors (Lipinski definition) is 0. The predicted octanol–water partition coefficient (Wildman–Crippen LogP) is 8.83. The third-order valence-corrected chi connectivity index (χ3v) is 11.1. The van der Waals surface area contributed by atoms with Crippen LogP contribution in [0, 0.1) is 0 Å². The van der Waals surface area contributed by atoms with Crippen LogP contribution in [0.5, 0.6) is 0 Å². The Morgan fingerprint density at radius 1 is 0.467 bits per heavy atom. The second kappa shape index (κ2) is 17.5. The molecule has 0 unspecified atom stereocenters. The molecule has 30 heavy (non-hydrogen) atoms. The summed E-state index contributed by atoms with van der Waals surface area (Å²) >= 11 is 1.20. The molecule has 0 spiro atoms. The van der Waals surface area contributed by atoms with Crippen LogP contribution >= 0.6 is 0 Å². The van der Waals surface area contributed by atoms with Crippen molar-refractivity contribution in [3.63, 3.8) is 0 Å². The first-order chi connectivity index (χ1) is 14.8. The van der Waals surface area contributed by atoms with Crippen LogP contribution in [0.15, 0.2) is 22.0 Å². The average molecular weight is 541 g/mol. The van der Waals surface area contributed by atoms with Gasteiger partial charge < -0.3 is 0 Å². The van der Waals surface area contributed by atoms with E-state index in [-0.39, 0.29) is 0 Å². The molecule has 2 heterocycles. The molecule has 0 atom stereocenters. The summed E-state index contributed by atoms with van der Waals surface area (Å²) in [4.78, 5) is 5.13. The normalized spacial score (nSPS) is 11.4. The van der Waals surface area contributed by atoms with Gasteiger partial charge in [0.15, 0.2) is 0 Å². The van der Waals surface area contributed by atoms with Gasteiger partial charge in [-0.2, -0.15) is 0 Å². The zero-order valence-corrected chi connectivity index (χ0v) is 23.3. The topological polar surface area (TPSA) is 0 Å². The average Bonchev–Trinajstić information content (AvgIpc) is 3.41. The van der Waals surface area contributed by atoms with Crippen molar-refractivity contribution in [1.29, 1.82) is 0 Å². The maximum absolute atomic E-state index is 2.57. The molecule has 2 rings (SSSR count). The van der Waals surface area contributed by atoms with Crippen LogP contribution in [0.1, 0.15) is 128 Å². The van der Waals surface area contributed by atoms with Crippen LogP contribution in [0.25, 0.3) is 8.87 Å². The first-order valence-electron chi connectivity index (χ1n) is 13.0. The van der Waals surface area contributed by atoms with Gasteiger partial charge in [-0.15, -0.1) is 0 Å². The van der Waals surface area contributed by atoms with Gasteiger partial charge in [0, 0.05) is 0 Å². The molecule has 0 nitrogen and oxygen atoms in total. The minimum absolute atomic E-state index is 0.602. The molecule has 170 valence electrons. The van der Waals surface area contributed by atoms with Gasteiger partial charge in [-0.25, -0.2) is 0 Å². The van der Waals surface area contributed by atoms with Crippen molar-refractivity contribution in [2.24, 2.45) is 0 Å². The van der Waals surface area contributed by atoms with Crippen LogP contribution in [-0.4, -0.2) is 29.0 Å². The second-order valence-electron chi connectivity index (χ2n) is 9.09. The van der Waals surface area contributed by atoms with Gasteiger partial charge in [-0.1, -0.05) is 0 Å². The fourth-order valence-corrected chi connectivity index (χ4v) is 8.85. The molecule has 2 heteroatoms. The summed E-state index contributed by atoms with van der Waals surface area (Å²) in [5, 5.41) is 0. The van der Waals surface area contributed by atoms with Crippen molar-refractivity contribution >= 4 is 29.0 Å². The molecule has 2 aromatic heterocycles. The van der Waals surface area contributed by atoms with Crippen molar-refractivity contribution in [3.8, 4) is 8.87 Å². The minimum atomic E-state index is 0.602. The van der Waals surface area contributed by atoms with Gasteiger partial charge in [0.1, 0.15) is 0 Å². The molecule has 0 N–H and O–H groups in total. The van der Waals surface area contributed by atoms with E-state index in [9.17, 15) is 0 Å². The van der Waals surface area contributed by atoms with E-state index in [1.165, 1.54) is 116 Å². The van der Waals surface area contributed by atoms with Crippen molar-refractivity contribution in [2.45, 2.75) is 129 Å². The molecule has 0 aliphatic heterocycles. The standard InChI is InChI=1S/C28H46Se2/c1-3-5-7-9-11-13-15-17-19-25-21-27(29-23-25)28-22-26(24-30-28)20-18-16-14-12-10-8-6-4-2/h21-24H,3-20H2,1-2H3. The molecule has 0 amide bonds. The van der Waals surface area contributed by atoms with E-state index < -0.39 is 0 Å². The van der Waals surface area contributed by atoms with E-state index in [2.05, 4.69) is 35.9 Å². The molecule has 0 saturated heterocycles. The molecule has 0 aliphatic rings. The zero-order valence-electron chi connectivity index (χ0n) is 19.9. The Balaban J connectivity index is 1.57. The van der Waals surface area contributed by atoms with Crippen LogP contribution in [-0.2, 0) is 12.8 Å². The molecule has 0 aromatic carbocycles. The van der Waals surface area contributed by atoms with Gasteiger partial charge in [0.05, 0.1) is 0 Å². The van der Waals surface area contributed by atoms with Gasteiger partial charge in [0.2, 0.25) is 0 Å². The Bertz CT molecular complexity index is 580. The third kappa shape index (κ3) is 11.6. The fraction of sp³-hybridized carbons (Fsp3) is 0.714. The molecular weight excluding hydrogens is 494 g/mol. The van der Waals surface area contributed by atoms with Crippen LogP contribution < -0.4 is 0 Å². The molecule has 2 aromatic rings. The van der Waals surface area contributed by atoms with E-state index in [1.807, 2.05) is 0 Å². The number of hydrogen-bond acceptors (Lipinski definition) is 0. The summed E-state index contributed by atoms with van der Waals surface area (Å²) in [6, 6.07) is 5.11. The Morgan fingerprint density at radius 3 is 1.17 bits per heavy atom. The Labute approximate surface area is 199 Å². The molecule has 0 radical (unpaired) electrons. The van der Waals surface area contributed by atoms with Crippen LogP contribution in [0.3, 0.4) is 0 Å². The maximum atomic E-state index is 2.57. The number of aryl methyl sites for hydroxylation is 2. The summed E-state index contributed by atoms with van der Waals surface area (Å²) in [5.41, 5.74) is 3.29. The SMILES string of the molecule is CCCCCCCCCCc1c[se]c(-c2cc(CCCCCCCCCC)c[se]2)c1. The third-order valence-electron chi connectivity index (χ3n) is 6.19. The van der Waals surface area contributed by atoms with Crippen molar-refractivity contribution in [2.75, 3.05) is 0 Å². The van der Waals surface area contributed by atoms with E-state index in [0.29, 0.717) is 29.0 Å². The van der Waals surface area contributed by atoms with E-state index in [0.717, 1.165) is 0 Å². The summed E-state index contributed by atoms with van der Waals surface area (Å²) in [5.74, 6) is 0. The Hall–Kier alpha value is -0.00104. The predicted molar refractivity (Wildman–Crippen MR) is 138 cm³/mol. The van der Waals surface area contributed by atoms with E-state index in [4.69, 9.17) is 0 Å². The van der Waals surface area contributed by atoms with Crippen LogP contribution in [0.2, 0.25) is 0 Å². The summed E-state index contributed by atoms with van der Waals surface area (Å²) in [6.07, 6.45) is 25.4. The summed E-state index contributed by atoms with van der Waals surface area (Å²) < 4.78 is 3.39. The summed E-state index contributed by atoms with van der Waals surface area (Å²) in [6.45, 7) is 4.60. The molecule has 0 aliphatic carbocycles. The molecule has 0 saturated carbocycles. The van der Waals surface area contributed by atoms with Gasteiger partial charge in [0.25, 0.3) is 0 Å². The first kappa shape index (κ1) is 26.3. The first-order valence-corrected chi connectivity index (χ1v) is 16.7. The van der Waals surface area contributed by atoms with Gasteiger partial charge in [-0.05, 0) is 0 Å². The van der Waals surface area contributed by atoms with Crippen molar-refractivity contribution in [1.82, 2.24) is 0 Å². The zero-order chi connectivity index (χ0) is 21.3. The van der Waals surface area contributed by atoms with E-state index >= 15 is 0 Å². The fourth-order valence-electron chi connectivity index (χ4n) is 4.20. The van der Waals surface area contributed by atoms with Gasteiger partial charge in [-0.3, -0.25) is 0 Å². The summed E-state index contributed by atoms with van der Waals surface area (Å²) in [7, 11) is 0. The van der Waals surface area contributed by atoms with Gasteiger partial charge >= 0.3 is 200 Å². The second-order valence-corrected chi connectivity index (χ2v) is 12.9. The number of rotatable bonds is 19. The van der Waals surface area contributed by atoms with Crippen LogP contribution in [0.4, 0.5) is 0 Å². The molecule has 0 fully saturated rings. The molecular formula is C28H46Se2. The van der Waals surface area contributed by atoms with E-state index in [1.54, 1.807) is 20.0 Å². The quantitative estimate of drug-likeness (QED) is 0.123. The van der Waals surface area contributed by atoms with Crippen molar-refractivity contribution in [3.05, 3.63) is 33.1 Å². The monoisotopic (exact) mass is 542 g/mol. The Morgan fingerprint density at radius 2 is 0.800 bits per heavy atom. The molecule has 0 bridgehead atoms.